The molecule has 0 aliphatic rings. The minimum Gasteiger partial charge on any atom is -0.480 e. The van der Waals surface area contributed by atoms with E-state index in [1.54, 1.807) is 5.38 Å². The van der Waals surface area contributed by atoms with Crippen LogP contribution in [0.25, 0.3) is 0 Å². The molecule has 0 saturated carbocycles. The zero-order valence-electron chi connectivity index (χ0n) is 10.1. The largest absolute Gasteiger partial charge is 0.480 e. The number of nitrogens with two attached hydrogens (primary N) is 1. The van der Waals surface area contributed by atoms with Gasteiger partial charge >= 0.3 is 5.97 Å². The molecule has 19 heavy (non-hydrogen) atoms. The summed E-state index contributed by atoms with van der Waals surface area (Å²) in [6, 6.07) is 4.90. The number of carboxylic acids is 1. The van der Waals surface area contributed by atoms with E-state index < -0.39 is 12.0 Å². The number of carboxylic acid groups (broad SMARTS) is 1. The van der Waals surface area contributed by atoms with E-state index in [-0.39, 0.29) is 0 Å². The molecule has 4 N–H and O–H groups in total. The van der Waals surface area contributed by atoms with Gasteiger partial charge in [-0.05, 0) is 47.2 Å². The van der Waals surface area contributed by atoms with Crippen LogP contribution in [0.2, 0.25) is 0 Å². The Morgan fingerprint density at radius 2 is 2.32 bits per heavy atom. The third kappa shape index (κ3) is 3.43. The highest BCUT2D eigenvalue weighted by atomic mass is 127. The summed E-state index contributed by atoms with van der Waals surface area (Å²) in [5.41, 5.74) is 7.99. The number of aliphatic carboxylic acids is 1. The van der Waals surface area contributed by atoms with Crippen LogP contribution in [0, 0.1) is 10.5 Å². The lowest BCUT2D eigenvalue weighted by Crippen LogP contribution is -2.20. The number of halogens is 1. The molecule has 5 nitrogen and oxygen atoms in total. The molecular weight excluding hydrogens is 377 g/mol. The van der Waals surface area contributed by atoms with Gasteiger partial charge in [0.05, 0.1) is 5.69 Å². The van der Waals surface area contributed by atoms with Gasteiger partial charge in [0.15, 0.2) is 5.13 Å². The topological polar surface area (TPSA) is 88.2 Å². The van der Waals surface area contributed by atoms with Crippen LogP contribution in [0.1, 0.15) is 17.3 Å². The van der Waals surface area contributed by atoms with Crippen molar-refractivity contribution in [1.29, 1.82) is 0 Å². The molecule has 2 aromatic rings. The fourth-order valence-corrected chi connectivity index (χ4v) is 2.69. The summed E-state index contributed by atoms with van der Waals surface area (Å²) >= 11 is 3.59. The number of aryl methyl sites for hydroxylation is 1. The summed E-state index contributed by atoms with van der Waals surface area (Å²) in [5.74, 6) is -1.08. The SMILES string of the molecule is Cc1ccc(Nc2nc(C(N)C(=O)O)cs2)cc1I. The van der Waals surface area contributed by atoms with Crippen LogP contribution in [-0.4, -0.2) is 16.1 Å². The van der Waals surface area contributed by atoms with Crippen LogP contribution in [0.3, 0.4) is 0 Å². The van der Waals surface area contributed by atoms with Crippen LogP contribution in [0.15, 0.2) is 23.6 Å². The first-order valence-corrected chi connectivity index (χ1v) is 7.40. The molecule has 2 rings (SSSR count). The highest BCUT2D eigenvalue weighted by Gasteiger charge is 2.17. The molecule has 100 valence electrons. The van der Waals surface area contributed by atoms with Crippen LogP contribution >= 0.6 is 33.9 Å². The zero-order chi connectivity index (χ0) is 14.0. The summed E-state index contributed by atoms with van der Waals surface area (Å²) in [5, 5.41) is 14.2. The standard InChI is InChI=1S/C12H12IN3O2S/c1-6-2-3-7(4-8(6)13)15-12-16-9(5-19-12)10(14)11(17)18/h2-5,10H,14H2,1H3,(H,15,16)(H,17,18). The number of aromatic nitrogens is 1. The minimum absolute atomic E-state index is 0.363. The maximum absolute atomic E-state index is 10.8. The quantitative estimate of drug-likeness (QED) is 0.700. The van der Waals surface area contributed by atoms with Crippen LogP contribution < -0.4 is 11.1 Å². The predicted molar refractivity (Wildman–Crippen MR) is 83.9 cm³/mol. The zero-order valence-corrected chi connectivity index (χ0v) is 13.0. The summed E-state index contributed by atoms with van der Waals surface area (Å²) in [6.45, 7) is 2.04. The first kappa shape index (κ1) is 14.2. The molecule has 1 heterocycles. The minimum atomic E-state index is -1.08. The molecular formula is C12H12IN3O2S. The first-order valence-electron chi connectivity index (χ1n) is 5.44. The Morgan fingerprint density at radius 1 is 1.58 bits per heavy atom. The Morgan fingerprint density at radius 3 is 2.95 bits per heavy atom. The van der Waals surface area contributed by atoms with E-state index >= 15 is 0 Å². The number of nitrogens with one attached hydrogen (secondary N) is 1. The van der Waals surface area contributed by atoms with Crippen molar-refractivity contribution in [1.82, 2.24) is 4.98 Å². The molecule has 0 aliphatic heterocycles. The van der Waals surface area contributed by atoms with Crippen molar-refractivity contribution < 1.29 is 9.90 Å². The number of thiazole rings is 1. The fraction of sp³-hybridized carbons (Fsp3) is 0.167. The van der Waals surface area contributed by atoms with E-state index in [0.29, 0.717) is 10.8 Å². The van der Waals surface area contributed by atoms with E-state index in [4.69, 9.17) is 10.8 Å². The summed E-state index contributed by atoms with van der Waals surface area (Å²) in [4.78, 5) is 14.9. The van der Waals surface area contributed by atoms with Crippen molar-refractivity contribution in [3.05, 3.63) is 38.4 Å². The molecule has 0 aliphatic carbocycles. The second kappa shape index (κ2) is 5.85. The molecule has 7 heteroatoms. The van der Waals surface area contributed by atoms with Crippen molar-refractivity contribution in [2.75, 3.05) is 5.32 Å². The summed E-state index contributed by atoms with van der Waals surface area (Å²) in [7, 11) is 0. The molecule has 0 saturated heterocycles. The average molecular weight is 389 g/mol. The Hall–Kier alpha value is -1.19. The van der Waals surface area contributed by atoms with Gasteiger partial charge in [0.1, 0.15) is 6.04 Å². The number of nitrogens with zero attached hydrogens (tertiary/aromatic N) is 1. The van der Waals surface area contributed by atoms with Gasteiger partial charge in [-0.3, -0.25) is 4.79 Å². The van der Waals surface area contributed by atoms with E-state index in [1.165, 1.54) is 16.9 Å². The number of benzene rings is 1. The van der Waals surface area contributed by atoms with Gasteiger partial charge in [-0.15, -0.1) is 11.3 Å². The maximum Gasteiger partial charge on any atom is 0.326 e. The average Bonchev–Trinajstić information content (AvgIpc) is 2.81. The maximum atomic E-state index is 10.8. The van der Waals surface area contributed by atoms with Crippen molar-refractivity contribution in [2.45, 2.75) is 13.0 Å². The first-order chi connectivity index (χ1) is 8.97. The lowest BCUT2D eigenvalue weighted by atomic mass is 10.2. The smallest absolute Gasteiger partial charge is 0.326 e. The molecule has 0 bridgehead atoms. The molecule has 0 amide bonds. The van der Waals surface area contributed by atoms with Gasteiger partial charge in [0.25, 0.3) is 0 Å². The number of hydrogen-bond acceptors (Lipinski definition) is 5. The molecule has 0 fully saturated rings. The van der Waals surface area contributed by atoms with Gasteiger partial charge in [-0.1, -0.05) is 6.07 Å². The third-order valence-electron chi connectivity index (χ3n) is 2.53. The molecule has 1 atom stereocenters. The summed E-state index contributed by atoms with van der Waals surface area (Å²) < 4.78 is 1.15. The van der Waals surface area contributed by atoms with E-state index in [1.807, 2.05) is 25.1 Å². The number of carbonyl (C=O) groups is 1. The van der Waals surface area contributed by atoms with Crippen LogP contribution in [0.4, 0.5) is 10.8 Å². The van der Waals surface area contributed by atoms with E-state index in [0.717, 1.165) is 9.26 Å². The fourth-order valence-electron chi connectivity index (χ4n) is 1.41. The van der Waals surface area contributed by atoms with Crippen molar-refractivity contribution in [2.24, 2.45) is 5.73 Å². The van der Waals surface area contributed by atoms with Crippen molar-refractivity contribution >= 4 is 50.7 Å². The van der Waals surface area contributed by atoms with Crippen LogP contribution in [0.5, 0.6) is 0 Å². The van der Waals surface area contributed by atoms with E-state index in [2.05, 4.69) is 32.9 Å². The van der Waals surface area contributed by atoms with Crippen molar-refractivity contribution in [3.63, 3.8) is 0 Å². The lowest BCUT2D eigenvalue weighted by molar-refractivity contribution is -0.138. The molecule has 0 spiro atoms. The molecule has 1 unspecified atom stereocenters. The highest BCUT2D eigenvalue weighted by molar-refractivity contribution is 14.1. The molecule has 0 radical (unpaired) electrons. The summed E-state index contributed by atoms with van der Waals surface area (Å²) in [6.07, 6.45) is 0. The number of rotatable bonds is 4. The highest BCUT2D eigenvalue weighted by Crippen LogP contribution is 2.25. The van der Waals surface area contributed by atoms with Gasteiger partial charge in [0.2, 0.25) is 0 Å². The number of anilines is 2. The molecule has 1 aromatic heterocycles. The van der Waals surface area contributed by atoms with Gasteiger partial charge < -0.3 is 16.2 Å². The Bertz CT molecular complexity index is 615. The predicted octanol–water partition coefficient (Wildman–Crippen LogP) is 2.88. The third-order valence-corrected chi connectivity index (χ3v) is 4.47. The normalized spacial score (nSPS) is 12.2. The van der Waals surface area contributed by atoms with Gasteiger partial charge in [-0.25, -0.2) is 4.98 Å². The second-order valence-corrected chi connectivity index (χ2v) is 6.00. The van der Waals surface area contributed by atoms with Gasteiger partial charge in [-0.2, -0.15) is 0 Å². The van der Waals surface area contributed by atoms with Gasteiger partial charge in [0, 0.05) is 14.6 Å². The van der Waals surface area contributed by atoms with Crippen LogP contribution in [-0.2, 0) is 4.79 Å². The Kier molecular flexibility index (Phi) is 4.38. The monoisotopic (exact) mass is 389 g/mol. The molecule has 1 aromatic carbocycles. The van der Waals surface area contributed by atoms with Crippen molar-refractivity contribution in [3.8, 4) is 0 Å². The number of hydrogen-bond donors (Lipinski definition) is 3. The lowest BCUT2D eigenvalue weighted by Gasteiger charge is -2.05. The Labute approximate surface area is 128 Å². The van der Waals surface area contributed by atoms with E-state index in [9.17, 15) is 4.79 Å². The Balaban J connectivity index is 2.15. The second-order valence-electron chi connectivity index (χ2n) is 3.98.